The third-order valence-electron chi connectivity index (χ3n) is 5.27. The van der Waals surface area contributed by atoms with E-state index in [9.17, 15) is 9.59 Å². The van der Waals surface area contributed by atoms with E-state index in [1.165, 1.54) is 0 Å². The third-order valence-corrected chi connectivity index (χ3v) is 6.11. The Balaban J connectivity index is 1.54. The molecule has 7 heteroatoms. The second-order valence-corrected chi connectivity index (χ2v) is 7.74. The van der Waals surface area contributed by atoms with E-state index in [1.54, 1.807) is 6.07 Å². The Morgan fingerprint density at radius 3 is 2.60 bits per heavy atom. The first-order valence-electron chi connectivity index (χ1n) is 8.53. The number of aliphatic carboxylic acids is 1. The summed E-state index contributed by atoms with van der Waals surface area (Å²) in [5, 5.41) is 9.97. The minimum absolute atomic E-state index is 0.00994. The van der Waals surface area contributed by atoms with Crippen LogP contribution in [0.3, 0.4) is 0 Å². The maximum Gasteiger partial charge on any atom is 0.317 e. The number of likely N-dealkylation sites (tertiary alicyclic amines) is 1. The number of carbonyl (C=O) groups excluding carboxylic acids is 1. The van der Waals surface area contributed by atoms with Crippen LogP contribution < -0.4 is 0 Å². The summed E-state index contributed by atoms with van der Waals surface area (Å²) in [5.41, 5.74) is 0.962. The van der Waals surface area contributed by atoms with Gasteiger partial charge in [-0.25, -0.2) is 0 Å². The van der Waals surface area contributed by atoms with Crippen molar-refractivity contribution < 1.29 is 14.7 Å². The Morgan fingerprint density at radius 2 is 1.96 bits per heavy atom. The predicted molar refractivity (Wildman–Crippen MR) is 97.2 cm³/mol. The topological polar surface area (TPSA) is 60.9 Å². The van der Waals surface area contributed by atoms with Crippen molar-refractivity contribution in [3.8, 4) is 0 Å². The molecule has 136 valence electrons. The molecule has 1 N–H and O–H groups in total. The van der Waals surface area contributed by atoms with E-state index >= 15 is 0 Å². The van der Waals surface area contributed by atoms with Gasteiger partial charge in [0.25, 0.3) is 0 Å². The molecule has 3 rings (SSSR count). The molecule has 0 bridgehead atoms. The van der Waals surface area contributed by atoms with Crippen molar-refractivity contribution >= 4 is 35.1 Å². The molecule has 2 atom stereocenters. The summed E-state index contributed by atoms with van der Waals surface area (Å²) < 4.78 is 0. The number of nitrogens with zero attached hydrogens (tertiary/aromatic N) is 2. The predicted octanol–water partition coefficient (Wildman–Crippen LogP) is 3.10. The molecule has 2 fully saturated rings. The van der Waals surface area contributed by atoms with E-state index in [0.29, 0.717) is 23.1 Å². The number of rotatable bonds is 5. The molecule has 0 aromatic heterocycles. The largest absolute Gasteiger partial charge is 0.480 e. The molecule has 5 nitrogen and oxygen atoms in total. The van der Waals surface area contributed by atoms with E-state index in [1.807, 2.05) is 29.0 Å². The maximum absolute atomic E-state index is 12.7. The van der Waals surface area contributed by atoms with Gasteiger partial charge in [-0.05, 0) is 43.9 Å². The first-order valence-corrected chi connectivity index (χ1v) is 9.28. The number of carboxylic acids is 1. The number of hydrogen-bond donors (Lipinski definition) is 1. The van der Waals surface area contributed by atoms with Gasteiger partial charge in [0.2, 0.25) is 5.91 Å². The summed E-state index contributed by atoms with van der Waals surface area (Å²) >= 11 is 12.3. The van der Waals surface area contributed by atoms with E-state index in [4.69, 9.17) is 28.3 Å². The molecule has 0 unspecified atom stereocenters. The van der Waals surface area contributed by atoms with Gasteiger partial charge in [0, 0.05) is 25.0 Å². The summed E-state index contributed by atoms with van der Waals surface area (Å²) in [4.78, 5) is 27.3. The lowest BCUT2D eigenvalue weighted by atomic mass is 10.0. The Bertz CT molecular complexity index is 674. The summed E-state index contributed by atoms with van der Waals surface area (Å²) in [7, 11) is 1.83. The quantitative estimate of drug-likeness (QED) is 0.846. The number of hydrogen-bond acceptors (Lipinski definition) is 3. The van der Waals surface area contributed by atoms with Crippen molar-refractivity contribution in [3.63, 3.8) is 0 Å². The zero-order valence-corrected chi connectivity index (χ0v) is 15.6. The van der Waals surface area contributed by atoms with Crippen LogP contribution in [-0.2, 0) is 9.59 Å². The number of amides is 1. The summed E-state index contributed by atoms with van der Waals surface area (Å²) in [6, 6.07) is 5.79. The van der Waals surface area contributed by atoms with Crippen molar-refractivity contribution in [3.05, 3.63) is 33.8 Å². The number of carbonyl (C=O) groups is 2. The number of carboxylic acid groups (broad SMARTS) is 1. The zero-order chi connectivity index (χ0) is 18.1. The molecular weight excluding hydrogens is 363 g/mol. The second-order valence-electron chi connectivity index (χ2n) is 6.96. The Hall–Kier alpha value is -1.30. The molecule has 1 amide bonds. The van der Waals surface area contributed by atoms with Gasteiger partial charge in [-0.3, -0.25) is 14.5 Å². The van der Waals surface area contributed by atoms with Gasteiger partial charge in [-0.1, -0.05) is 35.3 Å². The zero-order valence-electron chi connectivity index (χ0n) is 14.1. The van der Waals surface area contributed by atoms with Crippen molar-refractivity contribution in [1.29, 1.82) is 0 Å². The Labute approximate surface area is 157 Å². The van der Waals surface area contributed by atoms with Gasteiger partial charge >= 0.3 is 5.97 Å². The Morgan fingerprint density at radius 1 is 1.28 bits per heavy atom. The number of piperidine rings is 1. The first-order chi connectivity index (χ1) is 11.9. The van der Waals surface area contributed by atoms with Crippen LogP contribution in [0.15, 0.2) is 18.2 Å². The van der Waals surface area contributed by atoms with Crippen molar-refractivity contribution in [2.75, 3.05) is 26.7 Å². The van der Waals surface area contributed by atoms with Crippen molar-refractivity contribution in [2.45, 2.75) is 31.2 Å². The minimum atomic E-state index is -0.819. The third kappa shape index (κ3) is 4.10. The normalized spacial score (nSPS) is 23.8. The van der Waals surface area contributed by atoms with Crippen LogP contribution in [0, 0.1) is 5.92 Å². The van der Waals surface area contributed by atoms with E-state index in [2.05, 4.69) is 0 Å². The molecular formula is C18H22Cl2N2O3. The van der Waals surface area contributed by atoms with E-state index in [0.717, 1.165) is 24.8 Å². The molecule has 1 aromatic rings. The van der Waals surface area contributed by atoms with Gasteiger partial charge in [0.15, 0.2) is 0 Å². The van der Waals surface area contributed by atoms with Crippen LogP contribution in [0.2, 0.25) is 10.0 Å². The van der Waals surface area contributed by atoms with Gasteiger partial charge < -0.3 is 10.0 Å². The first kappa shape index (κ1) is 18.5. The van der Waals surface area contributed by atoms with Gasteiger partial charge in [0.05, 0.1) is 16.6 Å². The lowest BCUT2D eigenvalue weighted by Crippen LogP contribution is -2.47. The van der Waals surface area contributed by atoms with Crippen molar-refractivity contribution in [1.82, 2.24) is 9.80 Å². The van der Waals surface area contributed by atoms with Crippen LogP contribution in [0.4, 0.5) is 0 Å². The molecule has 1 aliphatic heterocycles. The molecule has 1 aromatic carbocycles. The summed E-state index contributed by atoms with van der Waals surface area (Å²) in [5.74, 6) is -0.490. The fourth-order valence-corrected chi connectivity index (χ4v) is 4.17. The lowest BCUT2D eigenvalue weighted by molar-refractivity contribution is -0.140. The number of halogens is 2. The van der Waals surface area contributed by atoms with E-state index in [-0.39, 0.29) is 30.3 Å². The molecule has 1 aliphatic carbocycles. The maximum atomic E-state index is 12.7. The standard InChI is InChI=1S/C18H22Cl2N2O3/c1-21(10-16(23)24)11-5-7-22(8-6-11)18(25)14-9-13(14)12-3-2-4-15(19)17(12)20/h2-4,11,13-14H,5-10H2,1H3,(H,23,24)/t13-,14+/m0/s1. The van der Waals surface area contributed by atoms with Gasteiger partial charge in [-0.2, -0.15) is 0 Å². The van der Waals surface area contributed by atoms with Crippen molar-refractivity contribution in [2.24, 2.45) is 5.92 Å². The molecule has 1 saturated heterocycles. The molecule has 1 heterocycles. The highest BCUT2D eigenvalue weighted by molar-refractivity contribution is 6.42. The highest BCUT2D eigenvalue weighted by Gasteiger charge is 2.47. The highest BCUT2D eigenvalue weighted by atomic mass is 35.5. The number of benzene rings is 1. The monoisotopic (exact) mass is 384 g/mol. The highest BCUT2D eigenvalue weighted by Crippen LogP contribution is 2.51. The van der Waals surface area contributed by atoms with Gasteiger partial charge in [0.1, 0.15) is 0 Å². The van der Waals surface area contributed by atoms with Crippen LogP contribution in [0.1, 0.15) is 30.7 Å². The molecule has 0 spiro atoms. The summed E-state index contributed by atoms with van der Waals surface area (Å²) in [6.45, 7) is 1.40. The molecule has 2 aliphatic rings. The van der Waals surface area contributed by atoms with Crippen LogP contribution >= 0.6 is 23.2 Å². The fraction of sp³-hybridized carbons (Fsp3) is 0.556. The minimum Gasteiger partial charge on any atom is -0.480 e. The molecule has 25 heavy (non-hydrogen) atoms. The average molecular weight is 385 g/mol. The van der Waals surface area contributed by atoms with Gasteiger partial charge in [-0.15, -0.1) is 0 Å². The smallest absolute Gasteiger partial charge is 0.317 e. The van der Waals surface area contributed by atoms with Crippen LogP contribution in [0.25, 0.3) is 0 Å². The van der Waals surface area contributed by atoms with E-state index < -0.39 is 5.97 Å². The van der Waals surface area contributed by atoms with Crippen LogP contribution in [-0.4, -0.2) is 59.5 Å². The number of likely N-dealkylation sites (N-methyl/N-ethyl adjacent to an activating group) is 1. The Kier molecular flexibility index (Phi) is 5.56. The average Bonchev–Trinajstić information content (AvgIpc) is 3.36. The molecule has 0 radical (unpaired) electrons. The summed E-state index contributed by atoms with van der Waals surface area (Å²) in [6.07, 6.45) is 2.44. The fourth-order valence-electron chi connectivity index (χ4n) is 3.72. The second kappa shape index (κ2) is 7.52. The molecule has 1 saturated carbocycles. The van der Waals surface area contributed by atoms with Crippen LogP contribution in [0.5, 0.6) is 0 Å². The SMILES string of the molecule is CN(CC(=O)O)C1CCN(C(=O)[C@@H]2C[C@H]2c2cccc(Cl)c2Cl)CC1. The lowest BCUT2D eigenvalue weighted by Gasteiger charge is -2.36.